The van der Waals surface area contributed by atoms with Gasteiger partial charge in [0.15, 0.2) is 14.6 Å². The fourth-order valence-corrected chi connectivity index (χ4v) is 6.12. The Bertz CT molecular complexity index is 716. The third-order valence-corrected chi connectivity index (χ3v) is 7.94. The molecule has 1 aliphatic heterocycles. The van der Waals surface area contributed by atoms with E-state index in [1.54, 1.807) is 17.0 Å². The van der Waals surface area contributed by atoms with Crippen molar-refractivity contribution in [1.82, 2.24) is 4.90 Å². The van der Waals surface area contributed by atoms with Gasteiger partial charge in [-0.25, -0.2) is 8.42 Å². The van der Waals surface area contributed by atoms with Crippen molar-refractivity contribution in [1.29, 1.82) is 0 Å². The molecular formula is C17H24Cl2N2O3S. The predicted octanol–water partition coefficient (Wildman–Crippen LogP) is 2.80. The number of nitrogens with two attached hydrogens (primary N) is 1. The number of sulfone groups is 1. The summed E-state index contributed by atoms with van der Waals surface area (Å²) >= 11 is 5.87. The van der Waals surface area contributed by atoms with Gasteiger partial charge in [-0.2, -0.15) is 0 Å². The van der Waals surface area contributed by atoms with E-state index >= 15 is 0 Å². The third kappa shape index (κ3) is 3.68. The lowest BCUT2D eigenvalue weighted by atomic mass is 10.0. The van der Waals surface area contributed by atoms with Crippen LogP contribution in [0.3, 0.4) is 0 Å². The topological polar surface area (TPSA) is 80.5 Å². The third-order valence-electron chi connectivity index (χ3n) is 5.18. The van der Waals surface area contributed by atoms with Crippen LogP contribution in [0.25, 0.3) is 0 Å². The summed E-state index contributed by atoms with van der Waals surface area (Å²) in [7, 11) is -3.77. The van der Waals surface area contributed by atoms with Crippen LogP contribution in [0.2, 0.25) is 5.02 Å². The van der Waals surface area contributed by atoms with Gasteiger partial charge in [0.25, 0.3) is 0 Å². The molecule has 2 aliphatic rings. The van der Waals surface area contributed by atoms with Crippen LogP contribution in [0.4, 0.5) is 0 Å². The van der Waals surface area contributed by atoms with E-state index < -0.39 is 14.6 Å². The monoisotopic (exact) mass is 406 g/mol. The van der Waals surface area contributed by atoms with Crippen molar-refractivity contribution >= 4 is 39.8 Å². The number of carbonyl (C=O) groups is 1. The zero-order valence-corrected chi connectivity index (χ0v) is 16.4. The van der Waals surface area contributed by atoms with Gasteiger partial charge < -0.3 is 10.6 Å². The first-order valence-electron chi connectivity index (χ1n) is 8.42. The van der Waals surface area contributed by atoms with Gasteiger partial charge in [0.2, 0.25) is 5.91 Å². The van der Waals surface area contributed by atoms with Crippen molar-refractivity contribution in [3.05, 3.63) is 29.3 Å². The van der Waals surface area contributed by atoms with Crippen LogP contribution >= 0.6 is 24.0 Å². The number of amides is 1. The molecule has 1 aliphatic carbocycles. The molecule has 1 amide bonds. The molecule has 0 radical (unpaired) electrons. The molecule has 3 rings (SSSR count). The Morgan fingerprint density at radius 2 is 1.76 bits per heavy atom. The molecule has 140 valence electrons. The fraction of sp³-hybridized carbons (Fsp3) is 0.588. The predicted molar refractivity (Wildman–Crippen MR) is 101 cm³/mol. The molecule has 1 aromatic rings. The first-order valence-corrected chi connectivity index (χ1v) is 10.3. The van der Waals surface area contributed by atoms with E-state index in [2.05, 4.69) is 0 Å². The number of carbonyl (C=O) groups excluding carboxylic acids is 1. The molecule has 1 aromatic carbocycles. The molecule has 5 nitrogen and oxygen atoms in total. The minimum Gasteiger partial charge on any atom is -0.340 e. The summed E-state index contributed by atoms with van der Waals surface area (Å²) in [4.78, 5) is 15.0. The highest BCUT2D eigenvalue weighted by Crippen LogP contribution is 2.42. The molecule has 2 fully saturated rings. The number of rotatable bonds is 3. The standard InChI is InChI=1S/C17H23ClN2O3S.ClH/c18-13-5-7-15(8-6-13)24(22,23)17(9-1-2-10-17)16(21)20-11-3-4-14(19)12-20;/h5-8,14H,1-4,9-12,19H2;1H. The number of halogens is 2. The molecule has 1 saturated heterocycles. The maximum atomic E-state index is 13.3. The second-order valence-corrected chi connectivity index (χ2v) is 9.51. The van der Waals surface area contributed by atoms with Crippen LogP contribution < -0.4 is 5.73 Å². The van der Waals surface area contributed by atoms with E-state index in [0.717, 1.165) is 25.7 Å². The summed E-state index contributed by atoms with van der Waals surface area (Å²) in [6, 6.07) is 6.02. The van der Waals surface area contributed by atoms with Crippen molar-refractivity contribution in [2.24, 2.45) is 5.73 Å². The van der Waals surface area contributed by atoms with Crippen molar-refractivity contribution < 1.29 is 13.2 Å². The Balaban J connectivity index is 0.00000225. The van der Waals surface area contributed by atoms with Crippen molar-refractivity contribution in [2.45, 2.75) is 54.2 Å². The fourth-order valence-electron chi connectivity index (χ4n) is 3.87. The number of hydrogen-bond donors (Lipinski definition) is 1. The zero-order valence-electron chi connectivity index (χ0n) is 14.0. The van der Waals surface area contributed by atoms with Gasteiger partial charge in [0.1, 0.15) is 0 Å². The van der Waals surface area contributed by atoms with Gasteiger partial charge in [-0.05, 0) is 49.9 Å². The molecule has 1 atom stereocenters. The highest BCUT2D eigenvalue weighted by molar-refractivity contribution is 7.93. The molecule has 0 spiro atoms. The molecule has 0 aromatic heterocycles. The molecule has 1 unspecified atom stereocenters. The smallest absolute Gasteiger partial charge is 0.244 e. The number of hydrogen-bond acceptors (Lipinski definition) is 4. The van der Waals surface area contributed by atoms with Crippen LogP contribution in [0.5, 0.6) is 0 Å². The summed E-state index contributed by atoms with van der Waals surface area (Å²) < 4.78 is 25.3. The lowest BCUT2D eigenvalue weighted by molar-refractivity contribution is -0.135. The van der Waals surface area contributed by atoms with E-state index in [4.69, 9.17) is 17.3 Å². The Morgan fingerprint density at radius 3 is 2.32 bits per heavy atom. The SMILES string of the molecule is Cl.NC1CCCN(C(=O)C2(S(=O)(=O)c3ccc(Cl)cc3)CCCC2)C1. The van der Waals surface area contributed by atoms with E-state index in [1.807, 2.05) is 0 Å². The maximum absolute atomic E-state index is 13.3. The molecule has 0 bridgehead atoms. The number of likely N-dealkylation sites (tertiary alicyclic amines) is 1. The van der Waals surface area contributed by atoms with Crippen LogP contribution in [0, 0.1) is 0 Å². The zero-order chi connectivity index (χ0) is 17.4. The summed E-state index contributed by atoms with van der Waals surface area (Å²) in [6.07, 6.45) is 3.95. The van der Waals surface area contributed by atoms with Crippen molar-refractivity contribution in [3.8, 4) is 0 Å². The summed E-state index contributed by atoms with van der Waals surface area (Å²) in [6.45, 7) is 1.03. The number of benzene rings is 1. The molecule has 1 heterocycles. The van der Waals surface area contributed by atoms with Crippen molar-refractivity contribution in [2.75, 3.05) is 13.1 Å². The molecule has 8 heteroatoms. The number of nitrogens with zero attached hydrogens (tertiary/aromatic N) is 1. The van der Waals surface area contributed by atoms with E-state index in [-0.39, 0.29) is 29.3 Å². The highest BCUT2D eigenvalue weighted by Gasteiger charge is 2.54. The average molecular weight is 407 g/mol. The van der Waals surface area contributed by atoms with Crippen LogP contribution in [0.1, 0.15) is 38.5 Å². The second-order valence-electron chi connectivity index (χ2n) is 6.81. The van der Waals surface area contributed by atoms with E-state index in [9.17, 15) is 13.2 Å². The van der Waals surface area contributed by atoms with Gasteiger partial charge in [-0.1, -0.05) is 24.4 Å². The van der Waals surface area contributed by atoms with E-state index in [1.165, 1.54) is 12.1 Å². The summed E-state index contributed by atoms with van der Waals surface area (Å²) in [5.74, 6) is -0.273. The number of piperidine rings is 1. The lowest BCUT2D eigenvalue weighted by Crippen LogP contribution is -2.56. The minimum absolute atomic E-state index is 0. The molecule has 2 N–H and O–H groups in total. The Morgan fingerprint density at radius 1 is 1.16 bits per heavy atom. The molecule has 25 heavy (non-hydrogen) atoms. The highest BCUT2D eigenvalue weighted by atomic mass is 35.5. The molecular weight excluding hydrogens is 383 g/mol. The quantitative estimate of drug-likeness (QED) is 0.836. The van der Waals surface area contributed by atoms with Crippen LogP contribution in [-0.4, -0.2) is 43.1 Å². The Hall–Kier alpha value is -0.820. The lowest BCUT2D eigenvalue weighted by Gasteiger charge is -2.37. The normalized spacial score (nSPS) is 23.1. The van der Waals surface area contributed by atoms with Gasteiger partial charge in [-0.3, -0.25) is 4.79 Å². The largest absolute Gasteiger partial charge is 0.340 e. The molecule has 1 saturated carbocycles. The van der Waals surface area contributed by atoms with Crippen LogP contribution in [-0.2, 0) is 14.6 Å². The van der Waals surface area contributed by atoms with Crippen molar-refractivity contribution in [3.63, 3.8) is 0 Å². The van der Waals surface area contributed by atoms with Crippen LogP contribution in [0.15, 0.2) is 29.2 Å². The summed E-state index contributed by atoms with van der Waals surface area (Å²) in [5.41, 5.74) is 5.98. The first-order chi connectivity index (χ1) is 11.4. The minimum atomic E-state index is -3.77. The second kappa shape index (κ2) is 7.82. The Labute approximate surface area is 160 Å². The average Bonchev–Trinajstić information content (AvgIpc) is 3.06. The van der Waals surface area contributed by atoms with Gasteiger partial charge >= 0.3 is 0 Å². The Kier molecular flexibility index (Phi) is 6.41. The van der Waals surface area contributed by atoms with Gasteiger partial charge in [-0.15, -0.1) is 12.4 Å². The summed E-state index contributed by atoms with van der Waals surface area (Å²) in [5, 5.41) is 0.475. The van der Waals surface area contributed by atoms with E-state index in [0.29, 0.717) is 31.0 Å². The first kappa shape index (κ1) is 20.5. The maximum Gasteiger partial charge on any atom is 0.244 e. The van der Waals surface area contributed by atoms with Gasteiger partial charge in [0, 0.05) is 24.2 Å². The van der Waals surface area contributed by atoms with Gasteiger partial charge in [0.05, 0.1) is 4.90 Å².